The maximum atomic E-state index is 14.1. The van der Waals surface area contributed by atoms with Gasteiger partial charge in [-0.1, -0.05) is 59.9 Å². The first-order valence-corrected chi connectivity index (χ1v) is 13.8. The standard InChI is InChI=1S/C31H30N2O6S/c1-18(2)39-25-12-8-7-11-22(25)28-27(30(36)38-16-15-37-4)19(3)32-31-33(28)29(35)26(40-31)17-23-21-10-6-5-9-20(21)13-14-24(23)34/h5-14,17-18,28,34H,15-16H2,1-4H3/b26-17+/t28-/m1/s1. The molecule has 0 radical (unpaired) electrons. The average molecular weight is 559 g/mol. The number of nitrogens with zero attached hydrogens (tertiary/aromatic N) is 2. The van der Waals surface area contributed by atoms with E-state index in [1.165, 1.54) is 23.0 Å². The molecule has 206 valence electrons. The van der Waals surface area contributed by atoms with Crippen LogP contribution in [0.3, 0.4) is 0 Å². The second-order valence-electron chi connectivity index (χ2n) is 9.63. The van der Waals surface area contributed by atoms with E-state index in [2.05, 4.69) is 4.99 Å². The van der Waals surface area contributed by atoms with Crippen LogP contribution in [0.2, 0.25) is 0 Å². The average Bonchev–Trinajstić information content (AvgIpc) is 3.23. The number of phenolic OH excluding ortho intramolecular Hbond substituents is 1. The molecule has 0 saturated carbocycles. The smallest absolute Gasteiger partial charge is 0.338 e. The Morgan fingerprint density at radius 3 is 2.62 bits per heavy atom. The first-order valence-electron chi connectivity index (χ1n) is 12.9. The number of fused-ring (bicyclic) bond motifs is 2. The van der Waals surface area contributed by atoms with Crippen LogP contribution in [0.4, 0.5) is 0 Å². The fraction of sp³-hybridized carbons (Fsp3) is 0.258. The lowest BCUT2D eigenvalue weighted by atomic mass is 9.95. The predicted molar refractivity (Wildman–Crippen MR) is 154 cm³/mol. The monoisotopic (exact) mass is 558 g/mol. The van der Waals surface area contributed by atoms with Crippen LogP contribution in [0, 0.1) is 0 Å². The molecule has 1 N–H and O–H groups in total. The number of ether oxygens (including phenoxy) is 3. The fourth-order valence-corrected chi connectivity index (χ4v) is 5.84. The molecule has 5 rings (SSSR count). The van der Waals surface area contributed by atoms with Gasteiger partial charge in [-0.3, -0.25) is 9.36 Å². The summed E-state index contributed by atoms with van der Waals surface area (Å²) in [5, 5.41) is 12.5. The maximum absolute atomic E-state index is 14.1. The number of aromatic hydroxyl groups is 1. The summed E-state index contributed by atoms with van der Waals surface area (Å²) in [6, 6.07) is 17.6. The Bertz CT molecular complexity index is 1800. The van der Waals surface area contributed by atoms with Gasteiger partial charge in [-0.25, -0.2) is 9.79 Å². The molecular formula is C31H30N2O6S. The minimum Gasteiger partial charge on any atom is -0.507 e. The highest BCUT2D eigenvalue weighted by Crippen LogP contribution is 2.36. The molecule has 2 heterocycles. The minimum absolute atomic E-state index is 0.0632. The summed E-state index contributed by atoms with van der Waals surface area (Å²) in [5.74, 6) is 0.0413. The summed E-state index contributed by atoms with van der Waals surface area (Å²) in [5.41, 5.74) is 1.55. The molecule has 40 heavy (non-hydrogen) atoms. The van der Waals surface area contributed by atoms with E-state index in [0.717, 1.165) is 10.8 Å². The van der Waals surface area contributed by atoms with Gasteiger partial charge in [0, 0.05) is 18.2 Å². The molecule has 0 bridgehead atoms. The number of hydrogen-bond acceptors (Lipinski definition) is 8. The van der Waals surface area contributed by atoms with E-state index in [0.29, 0.717) is 31.9 Å². The van der Waals surface area contributed by atoms with Crippen molar-refractivity contribution in [3.8, 4) is 11.5 Å². The second kappa shape index (κ2) is 11.5. The molecule has 1 aliphatic heterocycles. The first-order chi connectivity index (χ1) is 19.3. The van der Waals surface area contributed by atoms with Crippen LogP contribution in [-0.4, -0.2) is 42.1 Å². The third-order valence-corrected chi connectivity index (χ3v) is 7.54. The van der Waals surface area contributed by atoms with Crippen molar-refractivity contribution in [2.45, 2.75) is 32.9 Å². The zero-order valence-corrected chi connectivity index (χ0v) is 23.5. The van der Waals surface area contributed by atoms with Crippen molar-refractivity contribution in [3.63, 3.8) is 0 Å². The number of rotatable bonds is 8. The number of phenols is 1. The van der Waals surface area contributed by atoms with Crippen LogP contribution >= 0.6 is 11.3 Å². The molecular weight excluding hydrogens is 528 g/mol. The topological polar surface area (TPSA) is 99.4 Å². The van der Waals surface area contributed by atoms with Crippen molar-refractivity contribution in [2.24, 2.45) is 4.99 Å². The van der Waals surface area contributed by atoms with Crippen molar-refractivity contribution in [2.75, 3.05) is 20.3 Å². The van der Waals surface area contributed by atoms with Crippen LogP contribution in [-0.2, 0) is 14.3 Å². The van der Waals surface area contributed by atoms with Crippen molar-refractivity contribution in [3.05, 3.63) is 103 Å². The van der Waals surface area contributed by atoms with Gasteiger partial charge in [-0.15, -0.1) is 0 Å². The van der Waals surface area contributed by atoms with E-state index >= 15 is 0 Å². The third-order valence-electron chi connectivity index (χ3n) is 6.56. The number of carbonyl (C=O) groups is 1. The Kier molecular flexibility index (Phi) is 7.86. The highest BCUT2D eigenvalue weighted by Gasteiger charge is 2.35. The Hall–Kier alpha value is -4.21. The van der Waals surface area contributed by atoms with E-state index in [1.54, 1.807) is 19.1 Å². The van der Waals surface area contributed by atoms with Gasteiger partial charge in [0.2, 0.25) is 0 Å². The lowest BCUT2D eigenvalue weighted by Crippen LogP contribution is -2.40. The van der Waals surface area contributed by atoms with Gasteiger partial charge in [-0.2, -0.15) is 0 Å². The zero-order valence-electron chi connectivity index (χ0n) is 22.7. The van der Waals surface area contributed by atoms with Crippen LogP contribution in [0.25, 0.3) is 16.8 Å². The molecule has 0 fully saturated rings. The zero-order chi connectivity index (χ0) is 28.4. The SMILES string of the molecule is COCCOC(=O)C1=C(C)N=c2s/c(=C/c3c(O)ccc4ccccc34)c(=O)n2[C@@H]1c1ccccc1OC(C)C. The normalized spacial score (nSPS) is 15.3. The summed E-state index contributed by atoms with van der Waals surface area (Å²) >= 11 is 1.20. The molecule has 1 atom stereocenters. The van der Waals surface area contributed by atoms with Crippen LogP contribution in [0.15, 0.2) is 81.7 Å². The number of allylic oxidation sites excluding steroid dienone is 1. The van der Waals surface area contributed by atoms with Crippen molar-refractivity contribution < 1.29 is 24.1 Å². The molecule has 8 nitrogen and oxygen atoms in total. The molecule has 0 saturated heterocycles. The number of esters is 1. The van der Waals surface area contributed by atoms with Crippen LogP contribution in [0.5, 0.6) is 11.5 Å². The summed E-state index contributed by atoms with van der Waals surface area (Å²) in [6.07, 6.45) is 1.55. The van der Waals surface area contributed by atoms with Gasteiger partial charge >= 0.3 is 5.97 Å². The molecule has 4 aromatic rings. The lowest BCUT2D eigenvalue weighted by molar-refractivity contribution is -0.140. The lowest BCUT2D eigenvalue weighted by Gasteiger charge is -2.27. The number of benzene rings is 3. The van der Waals surface area contributed by atoms with Gasteiger partial charge in [0.25, 0.3) is 5.56 Å². The number of para-hydroxylation sites is 1. The Morgan fingerprint density at radius 1 is 1.10 bits per heavy atom. The molecule has 1 aliphatic rings. The fourth-order valence-electron chi connectivity index (χ4n) is 4.81. The number of aromatic nitrogens is 1. The Balaban J connectivity index is 1.74. The summed E-state index contributed by atoms with van der Waals surface area (Å²) in [6.45, 7) is 5.87. The van der Waals surface area contributed by atoms with Gasteiger partial charge < -0.3 is 19.3 Å². The number of carbonyl (C=O) groups excluding carboxylic acids is 1. The molecule has 0 amide bonds. The van der Waals surface area contributed by atoms with Crippen molar-refractivity contribution >= 4 is 34.2 Å². The van der Waals surface area contributed by atoms with E-state index < -0.39 is 12.0 Å². The minimum atomic E-state index is -0.829. The number of methoxy groups -OCH3 is 1. The molecule has 9 heteroatoms. The predicted octanol–water partition coefficient (Wildman–Crippen LogP) is 4.07. The second-order valence-corrected chi connectivity index (χ2v) is 10.6. The van der Waals surface area contributed by atoms with Gasteiger partial charge in [-0.05, 0) is 49.8 Å². The van der Waals surface area contributed by atoms with E-state index in [-0.39, 0.29) is 36.2 Å². The van der Waals surface area contributed by atoms with E-state index in [9.17, 15) is 14.7 Å². The number of hydrogen-bond donors (Lipinski definition) is 1. The maximum Gasteiger partial charge on any atom is 0.338 e. The van der Waals surface area contributed by atoms with Crippen molar-refractivity contribution in [1.82, 2.24) is 4.57 Å². The quantitative estimate of drug-likeness (QED) is 0.259. The van der Waals surface area contributed by atoms with E-state index in [1.807, 2.05) is 68.4 Å². The van der Waals surface area contributed by atoms with Crippen LogP contribution in [0.1, 0.15) is 37.9 Å². The first kappa shape index (κ1) is 27.4. The van der Waals surface area contributed by atoms with Gasteiger partial charge in [0.15, 0.2) is 4.80 Å². The van der Waals surface area contributed by atoms with E-state index in [4.69, 9.17) is 14.2 Å². The molecule has 0 unspecified atom stereocenters. The molecule has 3 aromatic carbocycles. The largest absolute Gasteiger partial charge is 0.507 e. The van der Waals surface area contributed by atoms with Gasteiger partial charge in [0.05, 0.1) is 28.5 Å². The molecule has 0 spiro atoms. The van der Waals surface area contributed by atoms with Crippen LogP contribution < -0.4 is 19.6 Å². The van der Waals surface area contributed by atoms with Gasteiger partial charge in [0.1, 0.15) is 24.1 Å². The Labute approximate surface area is 235 Å². The van der Waals surface area contributed by atoms with Crippen molar-refractivity contribution in [1.29, 1.82) is 0 Å². The molecule has 0 aliphatic carbocycles. The number of thiazole rings is 1. The summed E-state index contributed by atoms with van der Waals surface area (Å²) < 4.78 is 18.5. The summed E-state index contributed by atoms with van der Waals surface area (Å²) in [7, 11) is 1.53. The third kappa shape index (κ3) is 5.17. The highest BCUT2D eigenvalue weighted by molar-refractivity contribution is 7.07. The highest BCUT2D eigenvalue weighted by atomic mass is 32.1. The Morgan fingerprint density at radius 2 is 1.85 bits per heavy atom. The summed E-state index contributed by atoms with van der Waals surface area (Å²) in [4.78, 5) is 32.6. The molecule has 1 aromatic heterocycles.